The number of hydrogen-bond donors (Lipinski definition) is 1. The Balaban J connectivity index is 2.32. The first-order chi connectivity index (χ1) is 8.26. The summed E-state index contributed by atoms with van der Waals surface area (Å²) < 4.78 is 6.78. The lowest BCUT2D eigenvalue weighted by Gasteiger charge is -2.15. The average Bonchev–Trinajstić information content (AvgIpc) is 2.70. The lowest BCUT2D eigenvalue weighted by atomic mass is 9.98. The van der Waals surface area contributed by atoms with E-state index in [1.54, 1.807) is 11.8 Å². The third-order valence-corrected chi connectivity index (χ3v) is 2.76. The molecule has 1 aromatic rings. The summed E-state index contributed by atoms with van der Waals surface area (Å²) >= 11 is 0. The van der Waals surface area contributed by atoms with Gasteiger partial charge in [-0.3, -0.25) is 4.68 Å². The third kappa shape index (κ3) is 5.79. The molecule has 0 fully saturated rings. The van der Waals surface area contributed by atoms with E-state index in [2.05, 4.69) is 22.6 Å². The van der Waals surface area contributed by atoms with Crippen LogP contribution in [-0.2, 0) is 18.2 Å². The van der Waals surface area contributed by atoms with Crippen LogP contribution in [-0.4, -0.2) is 41.8 Å². The van der Waals surface area contributed by atoms with E-state index in [-0.39, 0.29) is 0 Å². The Morgan fingerprint density at radius 2 is 2.35 bits per heavy atom. The SMILES string of the molecule is CCCC(CNCCOC)Cc1cn(C)nn1. The molecule has 1 atom stereocenters. The molecular formula is C12H24N4O. The zero-order valence-corrected chi connectivity index (χ0v) is 11.1. The van der Waals surface area contributed by atoms with Gasteiger partial charge in [-0.25, -0.2) is 0 Å². The number of nitrogens with one attached hydrogen (secondary N) is 1. The second-order valence-electron chi connectivity index (χ2n) is 4.44. The molecule has 5 heteroatoms. The Labute approximate surface area is 104 Å². The Kier molecular flexibility index (Phi) is 6.81. The molecule has 1 heterocycles. The fourth-order valence-corrected chi connectivity index (χ4v) is 1.95. The van der Waals surface area contributed by atoms with Crippen LogP contribution in [0.3, 0.4) is 0 Å². The van der Waals surface area contributed by atoms with Crippen molar-refractivity contribution in [2.24, 2.45) is 13.0 Å². The van der Waals surface area contributed by atoms with Crippen molar-refractivity contribution in [3.05, 3.63) is 11.9 Å². The van der Waals surface area contributed by atoms with Gasteiger partial charge in [0.25, 0.3) is 0 Å². The van der Waals surface area contributed by atoms with E-state index in [4.69, 9.17) is 4.74 Å². The van der Waals surface area contributed by atoms with E-state index >= 15 is 0 Å². The molecule has 0 saturated heterocycles. The second kappa shape index (κ2) is 8.20. The molecule has 0 aromatic carbocycles. The van der Waals surface area contributed by atoms with Gasteiger partial charge >= 0.3 is 0 Å². The van der Waals surface area contributed by atoms with Crippen molar-refractivity contribution in [2.75, 3.05) is 26.8 Å². The predicted molar refractivity (Wildman–Crippen MR) is 67.9 cm³/mol. The van der Waals surface area contributed by atoms with Crippen molar-refractivity contribution in [1.82, 2.24) is 20.3 Å². The van der Waals surface area contributed by atoms with Gasteiger partial charge in [-0.2, -0.15) is 0 Å². The summed E-state index contributed by atoms with van der Waals surface area (Å²) in [5, 5.41) is 11.5. The monoisotopic (exact) mass is 240 g/mol. The average molecular weight is 240 g/mol. The van der Waals surface area contributed by atoms with Crippen LogP contribution in [0.25, 0.3) is 0 Å². The summed E-state index contributed by atoms with van der Waals surface area (Å²) in [5.74, 6) is 0.633. The van der Waals surface area contributed by atoms with Crippen LogP contribution < -0.4 is 5.32 Å². The Bertz CT molecular complexity index is 300. The molecule has 1 unspecified atom stereocenters. The van der Waals surface area contributed by atoms with Gasteiger partial charge in [0.15, 0.2) is 0 Å². The molecule has 17 heavy (non-hydrogen) atoms. The van der Waals surface area contributed by atoms with Crippen molar-refractivity contribution in [1.29, 1.82) is 0 Å². The highest BCUT2D eigenvalue weighted by molar-refractivity contribution is 4.94. The van der Waals surface area contributed by atoms with E-state index in [9.17, 15) is 0 Å². The fraction of sp³-hybridized carbons (Fsp3) is 0.833. The number of ether oxygens (including phenoxy) is 1. The molecule has 5 nitrogen and oxygen atoms in total. The molecular weight excluding hydrogens is 216 g/mol. The molecule has 0 spiro atoms. The molecule has 0 radical (unpaired) electrons. The van der Waals surface area contributed by atoms with Crippen LogP contribution in [0.5, 0.6) is 0 Å². The molecule has 0 aliphatic carbocycles. The van der Waals surface area contributed by atoms with Gasteiger partial charge in [-0.05, 0) is 25.3 Å². The van der Waals surface area contributed by atoms with Crippen LogP contribution in [0.15, 0.2) is 6.20 Å². The first kappa shape index (κ1) is 14.1. The lowest BCUT2D eigenvalue weighted by Crippen LogP contribution is -2.27. The second-order valence-corrected chi connectivity index (χ2v) is 4.44. The summed E-state index contributed by atoms with van der Waals surface area (Å²) in [4.78, 5) is 0. The van der Waals surface area contributed by atoms with E-state index in [1.807, 2.05) is 13.2 Å². The zero-order valence-electron chi connectivity index (χ0n) is 11.1. The smallest absolute Gasteiger partial charge is 0.0830 e. The summed E-state index contributed by atoms with van der Waals surface area (Å²) in [6.07, 6.45) is 5.42. The number of rotatable bonds is 9. The van der Waals surface area contributed by atoms with Gasteiger partial charge in [0.05, 0.1) is 12.3 Å². The highest BCUT2D eigenvalue weighted by atomic mass is 16.5. The summed E-state index contributed by atoms with van der Waals surface area (Å²) in [7, 11) is 3.63. The first-order valence-electron chi connectivity index (χ1n) is 6.31. The molecule has 1 aromatic heterocycles. The van der Waals surface area contributed by atoms with E-state index in [0.29, 0.717) is 5.92 Å². The van der Waals surface area contributed by atoms with E-state index in [0.717, 1.165) is 31.8 Å². The van der Waals surface area contributed by atoms with Crippen molar-refractivity contribution >= 4 is 0 Å². The Morgan fingerprint density at radius 3 is 2.94 bits per heavy atom. The topological polar surface area (TPSA) is 52.0 Å². The van der Waals surface area contributed by atoms with Gasteiger partial charge in [0.1, 0.15) is 0 Å². The largest absolute Gasteiger partial charge is 0.383 e. The highest BCUT2D eigenvalue weighted by Gasteiger charge is 2.10. The maximum absolute atomic E-state index is 5.02. The molecule has 0 aliphatic heterocycles. The Morgan fingerprint density at radius 1 is 1.53 bits per heavy atom. The van der Waals surface area contributed by atoms with Gasteiger partial charge in [0, 0.05) is 26.9 Å². The minimum Gasteiger partial charge on any atom is -0.383 e. The molecule has 0 amide bonds. The molecule has 0 aliphatic rings. The van der Waals surface area contributed by atoms with Crippen LogP contribution in [0.1, 0.15) is 25.5 Å². The van der Waals surface area contributed by atoms with E-state index in [1.165, 1.54) is 12.8 Å². The number of hydrogen-bond acceptors (Lipinski definition) is 4. The maximum atomic E-state index is 5.02. The van der Waals surface area contributed by atoms with Crippen LogP contribution >= 0.6 is 0 Å². The number of nitrogens with zero attached hydrogens (tertiary/aromatic N) is 3. The number of aromatic nitrogens is 3. The van der Waals surface area contributed by atoms with Crippen molar-refractivity contribution in [3.8, 4) is 0 Å². The highest BCUT2D eigenvalue weighted by Crippen LogP contribution is 2.11. The summed E-state index contributed by atoms with van der Waals surface area (Å²) in [6, 6.07) is 0. The van der Waals surface area contributed by atoms with Crippen LogP contribution in [0.4, 0.5) is 0 Å². The number of methoxy groups -OCH3 is 1. The molecule has 0 saturated carbocycles. The van der Waals surface area contributed by atoms with Crippen LogP contribution in [0.2, 0.25) is 0 Å². The standard InChI is InChI=1S/C12H24N4O/c1-4-5-11(9-13-6-7-17-3)8-12-10-16(2)15-14-12/h10-11,13H,4-9H2,1-3H3. The minimum absolute atomic E-state index is 0.633. The van der Waals surface area contributed by atoms with E-state index < -0.39 is 0 Å². The first-order valence-corrected chi connectivity index (χ1v) is 6.31. The zero-order chi connectivity index (χ0) is 12.5. The molecule has 98 valence electrons. The predicted octanol–water partition coefficient (Wildman–Crippen LogP) is 1.01. The van der Waals surface area contributed by atoms with Gasteiger partial charge in [0.2, 0.25) is 0 Å². The minimum atomic E-state index is 0.633. The summed E-state index contributed by atoms with van der Waals surface area (Å²) in [6.45, 7) is 4.92. The van der Waals surface area contributed by atoms with Gasteiger partial charge in [-0.15, -0.1) is 5.10 Å². The number of aryl methyl sites for hydroxylation is 1. The van der Waals surface area contributed by atoms with Gasteiger partial charge < -0.3 is 10.1 Å². The van der Waals surface area contributed by atoms with Gasteiger partial charge in [-0.1, -0.05) is 18.6 Å². The maximum Gasteiger partial charge on any atom is 0.0830 e. The molecule has 1 N–H and O–H groups in total. The fourth-order valence-electron chi connectivity index (χ4n) is 1.95. The molecule has 0 bridgehead atoms. The van der Waals surface area contributed by atoms with Crippen molar-refractivity contribution < 1.29 is 4.74 Å². The quantitative estimate of drug-likeness (QED) is 0.655. The Hall–Kier alpha value is -0.940. The van der Waals surface area contributed by atoms with Crippen molar-refractivity contribution in [3.63, 3.8) is 0 Å². The third-order valence-electron chi connectivity index (χ3n) is 2.76. The summed E-state index contributed by atoms with van der Waals surface area (Å²) in [5.41, 5.74) is 1.08. The van der Waals surface area contributed by atoms with Crippen molar-refractivity contribution in [2.45, 2.75) is 26.2 Å². The lowest BCUT2D eigenvalue weighted by molar-refractivity contribution is 0.197. The molecule has 1 rings (SSSR count). The normalized spacial score (nSPS) is 12.9. The van der Waals surface area contributed by atoms with Crippen LogP contribution in [0, 0.1) is 5.92 Å².